The first-order valence-corrected chi connectivity index (χ1v) is 6.02. The van der Waals surface area contributed by atoms with Gasteiger partial charge in [-0.25, -0.2) is 0 Å². The number of fused-ring (bicyclic) bond motifs is 1. The highest BCUT2D eigenvalue weighted by Gasteiger charge is 2.16. The summed E-state index contributed by atoms with van der Waals surface area (Å²) in [7, 11) is 0. The Hall–Kier alpha value is -1.41. The van der Waals surface area contributed by atoms with E-state index >= 15 is 0 Å². The predicted molar refractivity (Wildman–Crippen MR) is 69.7 cm³/mol. The first-order chi connectivity index (χ1) is 7.74. The minimum Gasteiger partial charge on any atom is -0.455 e. The summed E-state index contributed by atoms with van der Waals surface area (Å²) in [5, 5.41) is 0. The molecule has 0 bridgehead atoms. The highest BCUT2D eigenvalue weighted by Crippen LogP contribution is 2.42. The number of aryl methyl sites for hydroxylation is 1. The van der Waals surface area contributed by atoms with Gasteiger partial charge >= 0.3 is 0 Å². The van der Waals surface area contributed by atoms with Crippen LogP contribution in [0.5, 0.6) is 5.75 Å². The number of rotatable bonds is 2. The van der Waals surface area contributed by atoms with E-state index in [1.807, 2.05) is 25.2 Å². The smallest absolute Gasteiger partial charge is 0.141 e. The van der Waals surface area contributed by atoms with Gasteiger partial charge in [-0.3, -0.25) is 0 Å². The fraction of sp³-hybridized carbons (Fsp3) is 0.143. The Labute approximate surface area is 101 Å². The van der Waals surface area contributed by atoms with Crippen LogP contribution in [0.1, 0.15) is 12.5 Å². The van der Waals surface area contributed by atoms with Gasteiger partial charge in [0.25, 0.3) is 0 Å². The van der Waals surface area contributed by atoms with Crippen molar-refractivity contribution >= 4 is 11.8 Å². The summed E-state index contributed by atoms with van der Waals surface area (Å²) in [5.74, 6) is 1.81. The average Bonchev–Trinajstić information content (AvgIpc) is 2.28. The second-order valence-corrected chi connectivity index (χ2v) is 4.67. The molecular formula is C14H14OS. The molecule has 0 amide bonds. The summed E-state index contributed by atoms with van der Waals surface area (Å²) in [6.07, 6.45) is 5.78. The van der Waals surface area contributed by atoms with Crippen molar-refractivity contribution in [3.8, 4) is 5.75 Å². The number of hydrogen-bond acceptors (Lipinski definition) is 2. The van der Waals surface area contributed by atoms with Crippen LogP contribution in [0, 0.1) is 6.92 Å². The van der Waals surface area contributed by atoms with E-state index in [1.54, 1.807) is 11.8 Å². The second-order valence-electron chi connectivity index (χ2n) is 3.59. The predicted octanol–water partition coefficient (Wildman–Crippen LogP) is 4.45. The van der Waals surface area contributed by atoms with Crippen molar-refractivity contribution in [3.63, 3.8) is 0 Å². The van der Waals surface area contributed by atoms with Gasteiger partial charge in [-0.15, -0.1) is 0 Å². The lowest BCUT2D eigenvalue weighted by Crippen LogP contribution is -2.01. The zero-order valence-electron chi connectivity index (χ0n) is 9.49. The van der Waals surface area contributed by atoms with Crippen LogP contribution < -0.4 is 4.74 Å². The van der Waals surface area contributed by atoms with Gasteiger partial charge in [0.2, 0.25) is 0 Å². The van der Waals surface area contributed by atoms with Gasteiger partial charge in [0.05, 0.1) is 9.80 Å². The molecule has 1 aromatic rings. The molecule has 0 radical (unpaired) electrons. The van der Waals surface area contributed by atoms with Crippen LogP contribution in [0.15, 0.2) is 58.6 Å². The standard InChI is InChI=1S/C14H14OS/c1-4-6-11-13(5-2)16-14-8-7-10(3)9-12(14)15-11/h4-9H,2H2,1,3H3/b6-4-. The quantitative estimate of drug-likeness (QED) is 0.742. The molecule has 0 saturated carbocycles. The van der Waals surface area contributed by atoms with Crippen molar-refractivity contribution in [2.24, 2.45) is 0 Å². The first kappa shape index (κ1) is 11.1. The topological polar surface area (TPSA) is 9.23 Å². The SMILES string of the molecule is C=CC1=C(/C=C\C)Oc2cc(C)ccc2S1. The molecule has 2 rings (SSSR count). The fourth-order valence-corrected chi connectivity index (χ4v) is 2.39. The third kappa shape index (κ3) is 2.07. The summed E-state index contributed by atoms with van der Waals surface area (Å²) in [4.78, 5) is 2.21. The molecule has 1 aliphatic rings. The lowest BCUT2D eigenvalue weighted by molar-refractivity contribution is 0.429. The van der Waals surface area contributed by atoms with Crippen molar-refractivity contribution in [2.75, 3.05) is 0 Å². The molecule has 1 aliphatic heterocycles. The van der Waals surface area contributed by atoms with Crippen molar-refractivity contribution < 1.29 is 4.74 Å². The van der Waals surface area contributed by atoms with Gasteiger partial charge in [-0.1, -0.05) is 36.6 Å². The maximum Gasteiger partial charge on any atom is 0.141 e. The molecule has 0 aromatic heterocycles. The Morgan fingerprint density at radius 3 is 2.88 bits per heavy atom. The van der Waals surface area contributed by atoms with Crippen LogP contribution >= 0.6 is 11.8 Å². The van der Waals surface area contributed by atoms with E-state index in [0.29, 0.717) is 0 Å². The molecule has 0 aliphatic carbocycles. The lowest BCUT2D eigenvalue weighted by atomic mass is 10.2. The van der Waals surface area contributed by atoms with Crippen LogP contribution in [-0.2, 0) is 0 Å². The molecule has 1 heterocycles. The van der Waals surface area contributed by atoms with E-state index in [0.717, 1.165) is 21.3 Å². The van der Waals surface area contributed by atoms with Gasteiger partial charge in [-0.2, -0.15) is 0 Å². The van der Waals surface area contributed by atoms with Crippen LogP contribution in [0.25, 0.3) is 0 Å². The Balaban J connectivity index is 2.43. The fourth-order valence-electron chi connectivity index (χ4n) is 1.53. The molecule has 0 N–H and O–H groups in total. The third-order valence-electron chi connectivity index (χ3n) is 2.29. The molecule has 1 aromatic carbocycles. The van der Waals surface area contributed by atoms with E-state index in [1.165, 1.54) is 5.56 Å². The highest BCUT2D eigenvalue weighted by atomic mass is 32.2. The number of allylic oxidation sites excluding steroid dienone is 3. The molecule has 16 heavy (non-hydrogen) atoms. The van der Waals surface area contributed by atoms with E-state index in [-0.39, 0.29) is 0 Å². The first-order valence-electron chi connectivity index (χ1n) is 5.20. The van der Waals surface area contributed by atoms with E-state index in [2.05, 4.69) is 31.7 Å². The van der Waals surface area contributed by atoms with Gasteiger partial charge in [0.1, 0.15) is 11.5 Å². The van der Waals surface area contributed by atoms with Gasteiger partial charge in [0.15, 0.2) is 0 Å². The molecule has 2 heteroatoms. The van der Waals surface area contributed by atoms with E-state index in [4.69, 9.17) is 4.74 Å². The molecule has 1 nitrogen and oxygen atoms in total. The maximum atomic E-state index is 5.86. The van der Waals surface area contributed by atoms with E-state index in [9.17, 15) is 0 Å². The summed E-state index contributed by atoms with van der Waals surface area (Å²) in [6, 6.07) is 6.24. The third-order valence-corrected chi connectivity index (χ3v) is 3.43. The molecule has 0 fully saturated rings. The second kappa shape index (κ2) is 4.62. The van der Waals surface area contributed by atoms with Gasteiger partial charge < -0.3 is 4.74 Å². The monoisotopic (exact) mass is 230 g/mol. The Morgan fingerprint density at radius 2 is 2.19 bits per heavy atom. The zero-order chi connectivity index (χ0) is 11.5. The minimum atomic E-state index is 0.876. The highest BCUT2D eigenvalue weighted by molar-refractivity contribution is 8.03. The average molecular weight is 230 g/mol. The maximum absolute atomic E-state index is 5.86. The van der Waals surface area contributed by atoms with E-state index < -0.39 is 0 Å². The zero-order valence-corrected chi connectivity index (χ0v) is 10.3. The van der Waals surface area contributed by atoms with Crippen molar-refractivity contribution in [1.29, 1.82) is 0 Å². The summed E-state index contributed by atoms with van der Waals surface area (Å²) in [6.45, 7) is 7.86. The van der Waals surface area contributed by atoms with Crippen LogP contribution in [0.3, 0.4) is 0 Å². The molecule has 0 saturated heterocycles. The molecule has 0 unspecified atom stereocenters. The number of thioether (sulfide) groups is 1. The summed E-state index contributed by atoms with van der Waals surface area (Å²) < 4.78 is 5.86. The van der Waals surface area contributed by atoms with Crippen LogP contribution in [0.2, 0.25) is 0 Å². The number of benzene rings is 1. The lowest BCUT2D eigenvalue weighted by Gasteiger charge is -2.19. The Bertz CT molecular complexity index is 484. The van der Waals surface area contributed by atoms with Crippen molar-refractivity contribution in [3.05, 3.63) is 59.2 Å². The molecule has 0 spiro atoms. The summed E-state index contributed by atoms with van der Waals surface area (Å²) >= 11 is 1.70. The Morgan fingerprint density at radius 1 is 1.38 bits per heavy atom. The Kier molecular flexibility index (Phi) is 3.20. The van der Waals surface area contributed by atoms with Gasteiger partial charge in [-0.05, 0) is 37.6 Å². The normalized spacial score (nSPS) is 14.9. The molecular weight excluding hydrogens is 216 g/mol. The molecule has 82 valence electrons. The number of ether oxygens (including phenoxy) is 1. The largest absolute Gasteiger partial charge is 0.455 e. The number of hydrogen-bond donors (Lipinski definition) is 0. The van der Waals surface area contributed by atoms with Crippen molar-refractivity contribution in [2.45, 2.75) is 18.7 Å². The molecule has 0 atom stereocenters. The minimum absolute atomic E-state index is 0.876. The van der Waals surface area contributed by atoms with Crippen LogP contribution in [0.4, 0.5) is 0 Å². The van der Waals surface area contributed by atoms with Crippen molar-refractivity contribution in [1.82, 2.24) is 0 Å². The van der Waals surface area contributed by atoms with Gasteiger partial charge in [0, 0.05) is 0 Å². The summed E-state index contributed by atoms with van der Waals surface area (Å²) in [5.41, 5.74) is 1.21. The van der Waals surface area contributed by atoms with Crippen LogP contribution in [-0.4, -0.2) is 0 Å².